The number of ether oxygens (including phenoxy) is 2. The second-order valence-corrected chi connectivity index (χ2v) is 4.48. The standard InChI is InChI=1S/C13H24N2O3/c1-11(10-17-3)8-12-9-15-13(18-12)4-5-14-6-7-16-2/h9,11,14H,4-8,10H2,1-3H3. The zero-order chi connectivity index (χ0) is 13.2. The Morgan fingerprint density at radius 1 is 1.33 bits per heavy atom. The van der Waals surface area contributed by atoms with E-state index in [1.807, 2.05) is 6.20 Å². The summed E-state index contributed by atoms with van der Waals surface area (Å²) >= 11 is 0. The van der Waals surface area contributed by atoms with Gasteiger partial charge in [0, 0.05) is 46.8 Å². The van der Waals surface area contributed by atoms with E-state index in [4.69, 9.17) is 13.9 Å². The van der Waals surface area contributed by atoms with Gasteiger partial charge in [0.25, 0.3) is 0 Å². The number of hydrogen-bond donors (Lipinski definition) is 1. The van der Waals surface area contributed by atoms with E-state index in [2.05, 4.69) is 17.2 Å². The van der Waals surface area contributed by atoms with Crippen LogP contribution < -0.4 is 5.32 Å². The first-order valence-electron chi connectivity index (χ1n) is 6.38. The first-order valence-corrected chi connectivity index (χ1v) is 6.38. The molecule has 1 rings (SSSR count). The summed E-state index contributed by atoms with van der Waals surface area (Å²) in [5.41, 5.74) is 0. The molecular weight excluding hydrogens is 232 g/mol. The molecule has 1 atom stereocenters. The van der Waals surface area contributed by atoms with Gasteiger partial charge in [0.2, 0.25) is 0 Å². The van der Waals surface area contributed by atoms with Crippen LogP contribution in [0.2, 0.25) is 0 Å². The highest BCUT2D eigenvalue weighted by Crippen LogP contribution is 2.10. The average Bonchev–Trinajstić information content (AvgIpc) is 2.77. The van der Waals surface area contributed by atoms with E-state index in [-0.39, 0.29) is 0 Å². The second kappa shape index (κ2) is 9.08. The van der Waals surface area contributed by atoms with Gasteiger partial charge in [-0.1, -0.05) is 6.92 Å². The minimum Gasteiger partial charge on any atom is -0.446 e. The highest BCUT2D eigenvalue weighted by Gasteiger charge is 2.08. The summed E-state index contributed by atoms with van der Waals surface area (Å²) in [6, 6.07) is 0. The topological polar surface area (TPSA) is 56.5 Å². The van der Waals surface area contributed by atoms with Crippen molar-refractivity contribution < 1.29 is 13.9 Å². The number of rotatable bonds is 10. The molecule has 0 spiro atoms. The van der Waals surface area contributed by atoms with Gasteiger partial charge < -0.3 is 19.2 Å². The molecule has 1 N–H and O–H groups in total. The zero-order valence-electron chi connectivity index (χ0n) is 11.6. The Hall–Kier alpha value is -0.910. The maximum Gasteiger partial charge on any atom is 0.195 e. The predicted molar refractivity (Wildman–Crippen MR) is 69.7 cm³/mol. The van der Waals surface area contributed by atoms with Crippen LogP contribution in [0.25, 0.3) is 0 Å². The summed E-state index contributed by atoms with van der Waals surface area (Å²) in [5, 5.41) is 3.26. The normalized spacial score (nSPS) is 12.8. The summed E-state index contributed by atoms with van der Waals surface area (Å²) in [6.45, 7) is 5.32. The van der Waals surface area contributed by atoms with Gasteiger partial charge in [-0.15, -0.1) is 0 Å². The van der Waals surface area contributed by atoms with Crippen molar-refractivity contribution in [2.24, 2.45) is 5.92 Å². The fourth-order valence-corrected chi connectivity index (χ4v) is 1.74. The molecule has 1 unspecified atom stereocenters. The van der Waals surface area contributed by atoms with Crippen molar-refractivity contribution in [2.45, 2.75) is 19.8 Å². The number of hydrogen-bond acceptors (Lipinski definition) is 5. The van der Waals surface area contributed by atoms with E-state index in [1.165, 1.54) is 0 Å². The van der Waals surface area contributed by atoms with Crippen LogP contribution in [0, 0.1) is 5.92 Å². The van der Waals surface area contributed by atoms with Gasteiger partial charge in [-0.3, -0.25) is 0 Å². The van der Waals surface area contributed by atoms with Gasteiger partial charge in [-0.05, 0) is 5.92 Å². The molecule has 0 aliphatic carbocycles. The highest BCUT2D eigenvalue weighted by molar-refractivity contribution is 4.95. The third-order valence-electron chi connectivity index (χ3n) is 2.60. The summed E-state index contributed by atoms with van der Waals surface area (Å²) in [7, 11) is 3.41. The van der Waals surface area contributed by atoms with Crippen molar-refractivity contribution in [1.29, 1.82) is 0 Å². The Kier molecular flexibility index (Phi) is 7.64. The lowest BCUT2D eigenvalue weighted by molar-refractivity contribution is 0.156. The lowest BCUT2D eigenvalue weighted by Crippen LogP contribution is -2.21. The number of nitrogens with zero attached hydrogens (tertiary/aromatic N) is 1. The van der Waals surface area contributed by atoms with Crippen molar-refractivity contribution >= 4 is 0 Å². The monoisotopic (exact) mass is 256 g/mol. The smallest absolute Gasteiger partial charge is 0.195 e. The molecule has 0 saturated heterocycles. The molecular formula is C13H24N2O3. The lowest BCUT2D eigenvalue weighted by atomic mass is 10.1. The van der Waals surface area contributed by atoms with E-state index in [1.54, 1.807) is 14.2 Å². The van der Waals surface area contributed by atoms with E-state index in [0.29, 0.717) is 5.92 Å². The average molecular weight is 256 g/mol. The largest absolute Gasteiger partial charge is 0.446 e. The molecule has 18 heavy (non-hydrogen) atoms. The summed E-state index contributed by atoms with van der Waals surface area (Å²) in [5.74, 6) is 2.18. The first-order chi connectivity index (χ1) is 8.76. The summed E-state index contributed by atoms with van der Waals surface area (Å²) in [6.07, 6.45) is 3.50. The summed E-state index contributed by atoms with van der Waals surface area (Å²) in [4.78, 5) is 4.27. The minimum atomic E-state index is 0.454. The Labute approximate surface area is 109 Å². The Bertz CT molecular complexity index is 315. The molecule has 1 aromatic rings. The van der Waals surface area contributed by atoms with Crippen molar-refractivity contribution in [2.75, 3.05) is 40.5 Å². The fraction of sp³-hybridized carbons (Fsp3) is 0.769. The molecule has 5 nitrogen and oxygen atoms in total. The van der Waals surface area contributed by atoms with Gasteiger partial charge >= 0.3 is 0 Å². The first kappa shape index (κ1) is 15.1. The quantitative estimate of drug-likeness (QED) is 0.639. The van der Waals surface area contributed by atoms with Gasteiger partial charge in [-0.25, -0.2) is 4.98 Å². The van der Waals surface area contributed by atoms with Gasteiger partial charge in [0.05, 0.1) is 12.8 Å². The van der Waals surface area contributed by atoms with E-state index in [0.717, 1.165) is 50.8 Å². The van der Waals surface area contributed by atoms with Gasteiger partial charge in [0.1, 0.15) is 5.76 Å². The number of oxazole rings is 1. The summed E-state index contributed by atoms with van der Waals surface area (Å²) < 4.78 is 15.7. The maximum absolute atomic E-state index is 5.67. The molecule has 0 saturated carbocycles. The molecule has 0 amide bonds. The van der Waals surface area contributed by atoms with Crippen molar-refractivity contribution in [3.05, 3.63) is 17.8 Å². The van der Waals surface area contributed by atoms with Crippen LogP contribution in [0.4, 0.5) is 0 Å². The molecule has 0 fully saturated rings. The number of aromatic nitrogens is 1. The third kappa shape index (κ3) is 6.14. The highest BCUT2D eigenvalue weighted by atomic mass is 16.5. The molecule has 0 aromatic carbocycles. The van der Waals surface area contributed by atoms with Crippen LogP contribution in [-0.4, -0.2) is 45.5 Å². The predicted octanol–water partition coefficient (Wildman–Crippen LogP) is 1.28. The number of nitrogens with one attached hydrogen (secondary N) is 1. The van der Waals surface area contributed by atoms with Crippen LogP contribution in [0.15, 0.2) is 10.6 Å². The van der Waals surface area contributed by atoms with Crippen LogP contribution in [0.1, 0.15) is 18.6 Å². The van der Waals surface area contributed by atoms with Crippen molar-refractivity contribution in [3.63, 3.8) is 0 Å². The van der Waals surface area contributed by atoms with Crippen LogP contribution in [-0.2, 0) is 22.3 Å². The Morgan fingerprint density at radius 2 is 2.17 bits per heavy atom. The van der Waals surface area contributed by atoms with Crippen LogP contribution in [0.3, 0.4) is 0 Å². The fourth-order valence-electron chi connectivity index (χ4n) is 1.74. The van der Waals surface area contributed by atoms with Crippen molar-refractivity contribution in [1.82, 2.24) is 10.3 Å². The molecule has 0 bridgehead atoms. The molecule has 0 aliphatic rings. The Balaban J connectivity index is 2.21. The second-order valence-electron chi connectivity index (χ2n) is 4.48. The molecule has 104 valence electrons. The molecule has 0 radical (unpaired) electrons. The molecule has 1 heterocycles. The third-order valence-corrected chi connectivity index (χ3v) is 2.60. The van der Waals surface area contributed by atoms with Crippen LogP contribution in [0.5, 0.6) is 0 Å². The van der Waals surface area contributed by atoms with Gasteiger partial charge in [-0.2, -0.15) is 0 Å². The maximum atomic E-state index is 5.67. The van der Waals surface area contributed by atoms with Gasteiger partial charge in [0.15, 0.2) is 5.89 Å². The van der Waals surface area contributed by atoms with Crippen molar-refractivity contribution in [3.8, 4) is 0 Å². The van der Waals surface area contributed by atoms with E-state index >= 15 is 0 Å². The number of methoxy groups -OCH3 is 2. The molecule has 0 aliphatic heterocycles. The van der Waals surface area contributed by atoms with E-state index in [9.17, 15) is 0 Å². The SMILES string of the molecule is COCCNCCc1ncc(CC(C)COC)o1. The van der Waals surface area contributed by atoms with E-state index < -0.39 is 0 Å². The Morgan fingerprint density at radius 3 is 2.89 bits per heavy atom. The molecule has 1 aromatic heterocycles. The zero-order valence-corrected chi connectivity index (χ0v) is 11.6. The minimum absolute atomic E-state index is 0.454. The lowest BCUT2D eigenvalue weighted by Gasteiger charge is -2.06. The molecule has 5 heteroatoms. The van der Waals surface area contributed by atoms with Crippen LogP contribution >= 0.6 is 0 Å².